The van der Waals surface area contributed by atoms with Crippen molar-refractivity contribution >= 4 is 29.6 Å². The van der Waals surface area contributed by atoms with Gasteiger partial charge in [-0.1, -0.05) is 125 Å². The van der Waals surface area contributed by atoms with Crippen LogP contribution in [-0.4, -0.2) is 70.1 Å². The van der Waals surface area contributed by atoms with Gasteiger partial charge < -0.3 is 37.2 Å². The lowest BCUT2D eigenvalue weighted by Gasteiger charge is -2.37. The lowest BCUT2D eigenvalue weighted by atomic mass is 9.77. The highest BCUT2D eigenvalue weighted by atomic mass is 16.4. The minimum Gasteiger partial charge on any atom is -0.480 e. The van der Waals surface area contributed by atoms with Crippen molar-refractivity contribution in [1.29, 1.82) is 0 Å². The summed E-state index contributed by atoms with van der Waals surface area (Å²) < 4.78 is 0. The summed E-state index contributed by atoms with van der Waals surface area (Å²) in [4.78, 5) is 66.4. The molecule has 12 heteroatoms. The predicted molar refractivity (Wildman–Crippen MR) is 199 cm³/mol. The van der Waals surface area contributed by atoms with Gasteiger partial charge >= 0.3 is 5.97 Å². The first-order valence-corrected chi connectivity index (χ1v) is 17.8. The molecule has 0 aliphatic carbocycles. The molecule has 0 radical (unpaired) electrons. The molecule has 0 unspecified atom stereocenters. The molecule has 0 bridgehead atoms. The smallest absolute Gasteiger partial charge is 0.328 e. The van der Waals surface area contributed by atoms with Crippen LogP contribution in [0.1, 0.15) is 77.0 Å². The maximum Gasteiger partial charge on any atom is 0.328 e. The summed E-state index contributed by atoms with van der Waals surface area (Å²) in [5.41, 5.74) is 7.31. The Balaban J connectivity index is 1.97. The summed E-state index contributed by atoms with van der Waals surface area (Å²) in [7, 11) is 0. The van der Waals surface area contributed by atoms with Crippen LogP contribution < -0.4 is 27.0 Å². The number of nitrogens with one attached hydrogen (secondary N) is 4. The third-order valence-corrected chi connectivity index (χ3v) is 9.14. The number of amides is 4. The van der Waals surface area contributed by atoms with E-state index in [-0.39, 0.29) is 24.7 Å². The molecule has 0 aliphatic rings. The van der Waals surface area contributed by atoms with E-state index in [1.165, 1.54) is 6.92 Å². The van der Waals surface area contributed by atoms with Gasteiger partial charge in [-0.15, -0.1) is 0 Å². The average molecular weight is 716 g/mol. The minimum atomic E-state index is -1.68. The Morgan fingerprint density at radius 1 is 0.692 bits per heavy atom. The molecule has 0 fully saturated rings. The molecular weight excluding hydrogens is 662 g/mol. The van der Waals surface area contributed by atoms with Crippen molar-refractivity contribution in [1.82, 2.24) is 21.3 Å². The SMILES string of the molecule is CC[C@H](C)[C@H](NC(=O)[C@@H](N)CC(C)C)C(=O)N[C@@H](CCC(=O)NC(c1ccccc1)(c1ccccc1)c1ccccc1)C(=O)N[C@H](C(=O)O)[C@@H](C)O. The van der Waals surface area contributed by atoms with Crippen LogP contribution in [0.3, 0.4) is 0 Å². The van der Waals surface area contributed by atoms with Crippen LogP contribution in [0.15, 0.2) is 91.0 Å². The van der Waals surface area contributed by atoms with E-state index in [1.807, 2.05) is 112 Å². The number of aliphatic hydroxyl groups is 1. The highest BCUT2D eigenvalue weighted by Gasteiger charge is 2.39. The minimum absolute atomic E-state index is 0.136. The number of carboxylic acid groups (broad SMARTS) is 1. The first-order valence-electron chi connectivity index (χ1n) is 17.8. The van der Waals surface area contributed by atoms with E-state index in [0.29, 0.717) is 12.8 Å². The zero-order chi connectivity index (χ0) is 38.4. The van der Waals surface area contributed by atoms with Crippen molar-refractivity contribution < 1.29 is 34.2 Å². The molecule has 0 aromatic heterocycles. The third-order valence-electron chi connectivity index (χ3n) is 9.14. The van der Waals surface area contributed by atoms with Gasteiger partial charge in [-0.3, -0.25) is 19.2 Å². The monoisotopic (exact) mass is 715 g/mol. The highest BCUT2D eigenvalue weighted by molar-refractivity contribution is 5.94. The quantitative estimate of drug-likeness (QED) is 0.0918. The van der Waals surface area contributed by atoms with Crippen LogP contribution in [0.5, 0.6) is 0 Å². The molecule has 0 saturated carbocycles. The Morgan fingerprint density at radius 3 is 1.56 bits per heavy atom. The van der Waals surface area contributed by atoms with Gasteiger partial charge in [0.25, 0.3) is 0 Å². The number of benzene rings is 3. The maximum atomic E-state index is 14.1. The van der Waals surface area contributed by atoms with Crippen molar-refractivity contribution in [2.24, 2.45) is 17.6 Å². The molecule has 0 heterocycles. The second kappa shape index (κ2) is 19.5. The molecule has 280 valence electrons. The number of aliphatic hydroxyl groups excluding tert-OH is 1. The second-order valence-corrected chi connectivity index (χ2v) is 13.7. The zero-order valence-corrected chi connectivity index (χ0v) is 30.5. The second-order valence-electron chi connectivity index (χ2n) is 13.7. The fraction of sp³-hybridized carbons (Fsp3) is 0.425. The molecule has 0 spiro atoms. The van der Waals surface area contributed by atoms with E-state index >= 15 is 0 Å². The molecule has 12 nitrogen and oxygen atoms in total. The number of carboxylic acids is 1. The molecule has 0 aliphatic heterocycles. The molecule has 4 amide bonds. The summed E-state index contributed by atoms with van der Waals surface area (Å²) in [6.07, 6.45) is -1.07. The van der Waals surface area contributed by atoms with Crippen molar-refractivity contribution in [3.8, 4) is 0 Å². The van der Waals surface area contributed by atoms with Gasteiger partial charge in [0.05, 0.1) is 12.1 Å². The van der Waals surface area contributed by atoms with E-state index in [2.05, 4.69) is 21.3 Å². The van der Waals surface area contributed by atoms with Gasteiger partial charge in [0.15, 0.2) is 6.04 Å². The van der Waals surface area contributed by atoms with Gasteiger partial charge in [0.1, 0.15) is 17.6 Å². The molecule has 3 aromatic rings. The fourth-order valence-electron chi connectivity index (χ4n) is 6.08. The third kappa shape index (κ3) is 11.0. The van der Waals surface area contributed by atoms with Gasteiger partial charge in [-0.2, -0.15) is 0 Å². The van der Waals surface area contributed by atoms with E-state index in [1.54, 1.807) is 6.92 Å². The first-order chi connectivity index (χ1) is 24.7. The normalized spacial score (nSPS) is 14.9. The van der Waals surface area contributed by atoms with Crippen LogP contribution in [-0.2, 0) is 29.5 Å². The van der Waals surface area contributed by atoms with Crippen molar-refractivity contribution in [3.05, 3.63) is 108 Å². The van der Waals surface area contributed by atoms with Crippen LogP contribution >= 0.6 is 0 Å². The zero-order valence-electron chi connectivity index (χ0n) is 30.5. The van der Waals surface area contributed by atoms with Crippen molar-refractivity contribution in [2.75, 3.05) is 0 Å². The Morgan fingerprint density at radius 2 is 1.15 bits per heavy atom. The van der Waals surface area contributed by atoms with E-state index in [0.717, 1.165) is 16.7 Å². The molecule has 8 N–H and O–H groups in total. The number of hydrogen-bond donors (Lipinski definition) is 7. The highest BCUT2D eigenvalue weighted by Crippen LogP contribution is 2.37. The van der Waals surface area contributed by atoms with Gasteiger partial charge in [-0.25, -0.2) is 4.79 Å². The molecule has 3 aromatic carbocycles. The largest absolute Gasteiger partial charge is 0.480 e. The molecular formula is C40H53N5O7. The first kappa shape index (κ1) is 41.4. The van der Waals surface area contributed by atoms with E-state index in [4.69, 9.17) is 5.73 Å². The Labute approximate surface area is 306 Å². The Bertz CT molecular complexity index is 1520. The Hall–Kier alpha value is -5.07. The predicted octanol–water partition coefficient (Wildman–Crippen LogP) is 3.21. The topological polar surface area (TPSA) is 200 Å². The maximum absolute atomic E-state index is 14.1. The van der Waals surface area contributed by atoms with Crippen LogP contribution in [0, 0.1) is 11.8 Å². The summed E-state index contributed by atoms with van der Waals surface area (Å²) in [6, 6.07) is 23.3. The van der Waals surface area contributed by atoms with Gasteiger partial charge in [0, 0.05) is 6.42 Å². The summed E-state index contributed by atoms with van der Waals surface area (Å²) in [5.74, 6) is -4.30. The molecule has 0 saturated heterocycles. The fourth-order valence-corrected chi connectivity index (χ4v) is 6.08. The number of rotatable bonds is 19. The standard InChI is InChI=1S/C40H53N5O7/c1-6-26(4)34(43-36(48)31(41)24-25(2)3)38(50)42-32(37(49)44-35(27(5)46)39(51)52)22-23-33(47)45-40(28-16-10-7-11-17-28,29-18-12-8-13-19-29)30-20-14-9-15-21-30/h7-21,25-27,31-32,34-35,46H,6,22-24,41H2,1-5H3,(H,42,50)(H,43,48)(H,44,49)(H,45,47)(H,51,52)/t26-,27+,31-,32-,34-,35-/m0/s1. The number of aliphatic carboxylic acids is 1. The van der Waals surface area contributed by atoms with E-state index in [9.17, 15) is 34.2 Å². The summed E-state index contributed by atoms with van der Waals surface area (Å²) >= 11 is 0. The molecule has 6 atom stereocenters. The van der Waals surface area contributed by atoms with Gasteiger partial charge in [-0.05, 0) is 48.3 Å². The Kier molecular flexibility index (Phi) is 15.5. The number of hydrogen-bond acceptors (Lipinski definition) is 7. The van der Waals surface area contributed by atoms with Crippen LogP contribution in [0.2, 0.25) is 0 Å². The number of carbonyl (C=O) groups is 5. The molecule has 52 heavy (non-hydrogen) atoms. The van der Waals surface area contributed by atoms with Gasteiger partial charge in [0.2, 0.25) is 23.6 Å². The summed E-state index contributed by atoms with van der Waals surface area (Å²) in [6.45, 7) is 8.67. The van der Waals surface area contributed by atoms with E-state index < -0.39 is 65.4 Å². The summed E-state index contributed by atoms with van der Waals surface area (Å²) in [5, 5.41) is 30.6. The number of carbonyl (C=O) groups excluding carboxylic acids is 4. The number of nitrogens with two attached hydrogens (primary N) is 1. The van der Waals surface area contributed by atoms with Crippen LogP contribution in [0.4, 0.5) is 0 Å². The van der Waals surface area contributed by atoms with Crippen molar-refractivity contribution in [2.45, 2.75) is 96.1 Å². The lowest BCUT2D eigenvalue weighted by molar-refractivity contribution is -0.145. The lowest BCUT2D eigenvalue weighted by Crippen LogP contribution is -2.59. The van der Waals surface area contributed by atoms with Crippen LogP contribution in [0.25, 0.3) is 0 Å². The average Bonchev–Trinajstić information content (AvgIpc) is 3.13. The van der Waals surface area contributed by atoms with Crippen molar-refractivity contribution in [3.63, 3.8) is 0 Å². The molecule has 3 rings (SSSR count).